The van der Waals surface area contributed by atoms with Crippen LogP contribution in [-0.4, -0.2) is 17.7 Å². The molecular formula is C8H16BrNO. The minimum absolute atomic E-state index is 0.237. The SMILES string of the molecule is N[C@H](C=O)CCCCCCBr. The standard InChI is InChI=1S/C8H16BrNO/c9-6-4-2-1-3-5-8(10)7-11/h7-8H,1-6,10H2/t8-/m0/s1. The maximum atomic E-state index is 10.1. The zero-order valence-electron chi connectivity index (χ0n) is 6.76. The van der Waals surface area contributed by atoms with Crippen molar-refractivity contribution in [3.8, 4) is 0 Å². The summed E-state index contributed by atoms with van der Waals surface area (Å²) in [4.78, 5) is 10.1. The van der Waals surface area contributed by atoms with E-state index >= 15 is 0 Å². The van der Waals surface area contributed by atoms with Gasteiger partial charge in [0.15, 0.2) is 0 Å². The Morgan fingerprint density at radius 3 is 2.45 bits per heavy atom. The number of carbonyl (C=O) groups is 1. The minimum Gasteiger partial charge on any atom is -0.322 e. The third-order valence-electron chi connectivity index (χ3n) is 1.60. The van der Waals surface area contributed by atoms with Crippen LogP contribution in [0.1, 0.15) is 32.1 Å². The molecule has 0 amide bonds. The molecular weight excluding hydrogens is 206 g/mol. The Morgan fingerprint density at radius 2 is 1.91 bits per heavy atom. The first-order valence-electron chi connectivity index (χ1n) is 4.08. The molecule has 0 aromatic rings. The Hall–Kier alpha value is 0.110. The molecule has 66 valence electrons. The van der Waals surface area contributed by atoms with Crippen molar-refractivity contribution in [1.29, 1.82) is 0 Å². The molecule has 0 aliphatic carbocycles. The summed E-state index contributed by atoms with van der Waals surface area (Å²) in [6.45, 7) is 0. The van der Waals surface area contributed by atoms with Gasteiger partial charge in [0, 0.05) is 5.33 Å². The molecule has 0 saturated heterocycles. The molecule has 0 rings (SSSR count). The van der Waals surface area contributed by atoms with Crippen LogP contribution in [0.4, 0.5) is 0 Å². The Balaban J connectivity index is 2.95. The fourth-order valence-electron chi connectivity index (χ4n) is 0.896. The van der Waals surface area contributed by atoms with Gasteiger partial charge in [-0.1, -0.05) is 35.2 Å². The van der Waals surface area contributed by atoms with E-state index in [2.05, 4.69) is 15.9 Å². The highest BCUT2D eigenvalue weighted by Crippen LogP contribution is 2.04. The first-order chi connectivity index (χ1) is 5.31. The topological polar surface area (TPSA) is 43.1 Å². The van der Waals surface area contributed by atoms with Crippen LogP contribution in [0, 0.1) is 0 Å². The van der Waals surface area contributed by atoms with Gasteiger partial charge in [-0.25, -0.2) is 0 Å². The second-order valence-corrected chi connectivity index (χ2v) is 3.48. The van der Waals surface area contributed by atoms with Crippen LogP contribution in [-0.2, 0) is 4.79 Å². The van der Waals surface area contributed by atoms with E-state index in [1.807, 2.05) is 0 Å². The van der Waals surface area contributed by atoms with E-state index in [0.29, 0.717) is 0 Å². The molecule has 0 aromatic heterocycles. The highest BCUT2D eigenvalue weighted by molar-refractivity contribution is 9.09. The number of unbranched alkanes of at least 4 members (excludes halogenated alkanes) is 3. The molecule has 2 N–H and O–H groups in total. The highest BCUT2D eigenvalue weighted by Gasteiger charge is 1.97. The van der Waals surface area contributed by atoms with Crippen LogP contribution >= 0.6 is 15.9 Å². The van der Waals surface area contributed by atoms with Gasteiger partial charge in [-0.2, -0.15) is 0 Å². The van der Waals surface area contributed by atoms with Crippen LogP contribution in [0.15, 0.2) is 0 Å². The van der Waals surface area contributed by atoms with Crippen molar-refractivity contribution in [1.82, 2.24) is 0 Å². The third-order valence-corrected chi connectivity index (χ3v) is 2.16. The van der Waals surface area contributed by atoms with Crippen molar-refractivity contribution in [2.75, 3.05) is 5.33 Å². The van der Waals surface area contributed by atoms with Gasteiger partial charge in [-0.15, -0.1) is 0 Å². The fraction of sp³-hybridized carbons (Fsp3) is 0.875. The number of hydrogen-bond donors (Lipinski definition) is 1. The lowest BCUT2D eigenvalue weighted by atomic mass is 10.1. The van der Waals surface area contributed by atoms with Gasteiger partial charge in [-0.3, -0.25) is 0 Å². The number of alkyl halides is 1. The van der Waals surface area contributed by atoms with Crippen molar-refractivity contribution in [2.24, 2.45) is 5.73 Å². The molecule has 2 nitrogen and oxygen atoms in total. The molecule has 0 aliphatic rings. The Labute approximate surface area is 76.7 Å². The second kappa shape index (κ2) is 8.21. The van der Waals surface area contributed by atoms with Crippen molar-refractivity contribution < 1.29 is 4.79 Å². The first kappa shape index (κ1) is 11.1. The van der Waals surface area contributed by atoms with Gasteiger partial charge in [0.1, 0.15) is 6.29 Å². The maximum Gasteiger partial charge on any atom is 0.136 e. The lowest BCUT2D eigenvalue weighted by molar-refractivity contribution is -0.109. The molecule has 0 radical (unpaired) electrons. The number of rotatable bonds is 7. The molecule has 3 heteroatoms. The third kappa shape index (κ3) is 8.01. The van der Waals surface area contributed by atoms with E-state index < -0.39 is 0 Å². The number of aldehydes is 1. The van der Waals surface area contributed by atoms with Gasteiger partial charge in [0.2, 0.25) is 0 Å². The van der Waals surface area contributed by atoms with Crippen molar-refractivity contribution in [2.45, 2.75) is 38.1 Å². The molecule has 0 heterocycles. The molecule has 0 aliphatic heterocycles. The van der Waals surface area contributed by atoms with Crippen molar-refractivity contribution >= 4 is 22.2 Å². The van der Waals surface area contributed by atoms with E-state index in [1.165, 1.54) is 19.3 Å². The molecule has 11 heavy (non-hydrogen) atoms. The Kier molecular flexibility index (Phi) is 8.29. The van der Waals surface area contributed by atoms with Crippen LogP contribution < -0.4 is 5.73 Å². The lowest BCUT2D eigenvalue weighted by Crippen LogP contribution is -2.20. The smallest absolute Gasteiger partial charge is 0.136 e. The van der Waals surface area contributed by atoms with Crippen LogP contribution in [0.25, 0.3) is 0 Å². The van der Waals surface area contributed by atoms with Gasteiger partial charge in [0.25, 0.3) is 0 Å². The largest absolute Gasteiger partial charge is 0.322 e. The maximum absolute atomic E-state index is 10.1. The zero-order valence-corrected chi connectivity index (χ0v) is 8.35. The zero-order chi connectivity index (χ0) is 8.53. The fourth-order valence-corrected chi connectivity index (χ4v) is 1.29. The van der Waals surface area contributed by atoms with Gasteiger partial charge in [-0.05, 0) is 12.8 Å². The summed E-state index contributed by atoms with van der Waals surface area (Å²) in [6, 6.07) is -0.237. The summed E-state index contributed by atoms with van der Waals surface area (Å²) in [5, 5.41) is 1.08. The van der Waals surface area contributed by atoms with E-state index in [-0.39, 0.29) is 6.04 Å². The van der Waals surface area contributed by atoms with Crippen molar-refractivity contribution in [3.05, 3.63) is 0 Å². The lowest BCUT2D eigenvalue weighted by Gasteiger charge is -2.01. The number of nitrogens with two attached hydrogens (primary N) is 1. The molecule has 0 aromatic carbocycles. The summed E-state index contributed by atoms with van der Waals surface area (Å²) in [6.07, 6.45) is 6.38. The molecule has 1 atom stereocenters. The van der Waals surface area contributed by atoms with E-state index in [1.54, 1.807) is 0 Å². The van der Waals surface area contributed by atoms with Gasteiger partial charge >= 0.3 is 0 Å². The second-order valence-electron chi connectivity index (χ2n) is 2.69. The summed E-state index contributed by atoms with van der Waals surface area (Å²) >= 11 is 3.36. The van der Waals surface area contributed by atoms with Gasteiger partial charge < -0.3 is 10.5 Å². The average molecular weight is 222 g/mol. The van der Waals surface area contributed by atoms with Gasteiger partial charge in [0.05, 0.1) is 6.04 Å². The predicted molar refractivity (Wildman–Crippen MR) is 50.9 cm³/mol. The predicted octanol–water partition coefficient (Wildman–Crippen LogP) is 1.86. The summed E-state index contributed by atoms with van der Waals surface area (Å²) < 4.78 is 0. The molecule has 0 unspecified atom stereocenters. The van der Waals surface area contributed by atoms with E-state index in [9.17, 15) is 4.79 Å². The Morgan fingerprint density at radius 1 is 1.27 bits per heavy atom. The number of hydrogen-bond acceptors (Lipinski definition) is 2. The van der Waals surface area contributed by atoms with Crippen LogP contribution in [0.3, 0.4) is 0 Å². The first-order valence-corrected chi connectivity index (χ1v) is 5.20. The summed E-state index contributed by atoms with van der Waals surface area (Å²) in [5.41, 5.74) is 5.41. The molecule has 0 bridgehead atoms. The monoisotopic (exact) mass is 221 g/mol. The highest BCUT2D eigenvalue weighted by atomic mass is 79.9. The Bertz CT molecular complexity index is 98.1. The summed E-state index contributed by atoms with van der Waals surface area (Å²) in [7, 11) is 0. The quantitative estimate of drug-likeness (QED) is 0.406. The molecule has 0 spiro atoms. The van der Waals surface area contributed by atoms with Crippen LogP contribution in [0.2, 0.25) is 0 Å². The van der Waals surface area contributed by atoms with Crippen molar-refractivity contribution in [3.63, 3.8) is 0 Å². The normalized spacial score (nSPS) is 12.9. The minimum atomic E-state index is -0.237. The van der Waals surface area contributed by atoms with Crippen LogP contribution in [0.5, 0.6) is 0 Å². The van der Waals surface area contributed by atoms with E-state index in [4.69, 9.17) is 5.73 Å². The average Bonchev–Trinajstić information content (AvgIpc) is 2.04. The number of carbonyl (C=O) groups excluding carboxylic acids is 1. The summed E-state index contributed by atoms with van der Waals surface area (Å²) in [5.74, 6) is 0. The molecule has 0 fully saturated rings. The van der Waals surface area contributed by atoms with E-state index in [0.717, 1.165) is 24.5 Å². The number of halogens is 1. The molecule has 0 saturated carbocycles.